The summed E-state index contributed by atoms with van der Waals surface area (Å²) in [5, 5.41) is 6.46. The lowest BCUT2D eigenvalue weighted by Crippen LogP contribution is -2.53. The Balaban J connectivity index is 0.00000128. The van der Waals surface area contributed by atoms with Gasteiger partial charge in [-0.1, -0.05) is 19.8 Å². The van der Waals surface area contributed by atoms with Crippen molar-refractivity contribution in [2.45, 2.75) is 45.1 Å². The van der Waals surface area contributed by atoms with Crippen LogP contribution in [0, 0.1) is 11.8 Å². The van der Waals surface area contributed by atoms with E-state index in [0.29, 0.717) is 5.92 Å². The molecular formula is C12H23ClN2O. The smallest absolute Gasteiger partial charge is 0.223 e. The summed E-state index contributed by atoms with van der Waals surface area (Å²) in [6.07, 6.45) is 4.81. The third kappa shape index (κ3) is 2.89. The van der Waals surface area contributed by atoms with E-state index in [4.69, 9.17) is 0 Å². The molecule has 3 nitrogen and oxygen atoms in total. The Kier molecular flexibility index (Phi) is 4.62. The zero-order valence-corrected chi connectivity index (χ0v) is 11.0. The topological polar surface area (TPSA) is 41.1 Å². The molecule has 1 saturated carbocycles. The second kappa shape index (κ2) is 5.37. The van der Waals surface area contributed by atoms with Crippen LogP contribution in [0.25, 0.3) is 0 Å². The van der Waals surface area contributed by atoms with Crippen molar-refractivity contribution in [3.63, 3.8) is 0 Å². The average molecular weight is 247 g/mol. The molecule has 1 atom stereocenters. The average Bonchev–Trinajstić information content (AvgIpc) is 2.48. The minimum absolute atomic E-state index is 0. The van der Waals surface area contributed by atoms with Gasteiger partial charge in [0.25, 0.3) is 0 Å². The van der Waals surface area contributed by atoms with Crippen LogP contribution in [0.5, 0.6) is 0 Å². The monoisotopic (exact) mass is 246 g/mol. The van der Waals surface area contributed by atoms with Gasteiger partial charge in [0, 0.05) is 11.5 Å². The Bertz CT molecular complexity index is 247. The van der Waals surface area contributed by atoms with Gasteiger partial charge in [-0.15, -0.1) is 12.4 Å². The number of hydrogen-bond donors (Lipinski definition) is 2. The standard InChI is InChI=1S/C12H22N2O.ClH/c1-9(10-7-13-8-10)11(15)14-12(2)5-3-4-6-12;/h9-10,13H,3-8H2,1-2H3,(H,14,15);1H. The maximum Gasteiger partial charge on any atom is 0.223 e. The lowest BCUT2D eigenvalue weighted by Gasteiger charge is -2.34. The van der Waals surface area contributed by atoms with Crippen LogP contribution in [-0.2, 0) is 4.79 Å². The highest BCUT2D eigenvalue weighted by Crippen LogP contribution is 2.29. The lowest BCUT2D eigenvalue weighted by atomic mass is 9.87. The number of hydrogen-bond acceptors (Lipinski definition) is 2. The molecule has 16 heavy (non-hydrogen) atoms. The first kappa shape index (κ1) is 13.8. The Morgan fingerprint density at radius 3 is 2.38 bits per heavy atom. The van der Waals surface area contributed by atoms with Gasteiger partial charge in [-0.2, -0.15) is 0 Å². The van der Waals surface area contributed by atoms with Gasteiger partial charge in [-0.05, 0) is 38.8 Å². The van der Waals surface area contributed by atoms with Crippen molar-refractivity contribution >= 4 is 18.3 Å². The van der Waals surface area contributed by atoms with E-state index in [2.05, 4.69) is 24.5 Å². The van der Waals surface area contributed by atoms with Crippen LogP contribution >= 0.6 is 12.4 Å². The predicted octanol–water partition coefficient (Wildman–Crippen LogP) is 1.71. The molecule has 2 rings (SSSR count). The van der Waals surface area contributed by atoms with Gasteiger partial charge in [0.1, 0.15) is 0 Å². The Labute approximate surface area is 104 Å². The molecule has 1 saturated heterocycles. The fourth-order valence-corrected chi connectivity index (χ4v) is 2.57. The lowest BCUT2D eigenvalue weighted by molar-refractivity contribution is -0.128. The van der Waals surface area contributed by atoms with Crippen molar-refractivity contribution in [2.75, 3.05) is 13.1 Å². The first-order chi connectivity index (χ1) is 7.11. The maximum absolute atomic E-state index is 12.0. The molecule has 0 aromatic rings. The zero-order valence-electron chi connectivity index (χ0n) is 10.2. The highest BCUT2D eigenvalue weighted by atomic mass is 35.5. The number of rotatable bonds is 3. The van der Waals surface area contributed by atoms with Crippen LogP contribution in [0.15, 0.2) is 0 Å². The molecule has 0 aromatic heterocycles. The van der Waals surface area contributed by atoms with Crippen LogP contribution in [0.4, 0.5) is 0 Å². The second-order valence-corrected chi connectivity index (χ2v) is 5.46. The third-order valence-electron chi connectivity index (χ3n) is 4.07. The molecule has 94 valence electrons. The summed E-state index contributed by atoms with van der Waals surface area (Å²) in [5.41, 5.74) is 0.0858. The molecule has 2 N–H and O–H groups in total. The molecule has 2 fully saturated rings. The summed E-state index contributed by atoms with van der Waals surface area (Å²) in [5.74, 6) is 0.976. The van der Waals surface area contributed by atoms with E-state index in [1.54, 1.807) is 0 Å². The van der Waals surface area contributed by atoms with E-state index >= 15 is 0 Å². The first-order valence-electron chi connectivity index (χ1n) is 6.13. The maximum atomic E-state index is 12.0. The largest absolute Gasteiger partial charge is 0.351 e. The molecule has 2 aliphatic rings. The molecule has 0 spiro atoms. The predicted molar refractivity (Wildman–Crippen MR) is 67.8 cm³/mol. The van der Waals surface area contributed by atoms with Gasteiger partial charge in [0.15, 0.2) is 0 Å². The first-order valence-corrected chi connectivity index (χ1v) is 6.13. The highest BCUT2D eigenvalue weighted by molar-refractivity contribution is 5.85. The molecule has 1 aliphatic carbocycles. The van der Waals surface area contributed by atoms with Crippen molar-refractivity contribution < 1.29 is 4.79 Å². The summed E-state index contributed by atoms with van der Waals surface area (Å²) < 4.78 is 0. The zero-order chi connectivity index (χ0) is 10.9. The third-order valence-corrected chi connectivity index (χ3v) is 4.07. The Morgan fingerprint density at radius 2 is 1.94 bits per heavy atom. The van der Waals surface area contributed by atoms with Gasteiger partial charge in [0.05, 0.1) is 0 Å². The van der Waals surface area contributed by atoms with Crippen LogP contribution in [0.3, 0.4) is 0 Å². The van der Waals surface area contributed by atoms with E-state index in [9.17, 15) is 4.79 Å². The molecule has 1 heterocycles. The molecule has 0 radical (unpaired) electrons. The van der Waals surface area contributed by atoms with Gasteiger partial charge >= 0.3 is 0 Å². The van der Waals surface area contributed by atoms with Gasteiger partial charge in [-0.3, -0.25) is 4.79 Å². The van der Waals surface area contributed by atoms with Crippen LogP contribution < -0.4 is 10.6 Å². The molecule has 1 unspecified atom stereocenters. The van der Waals surface area contributed by atoms with Crippen molar-refractivity contribution in [2.24, 2.45) is 11.8 Å². The van der Waals surface area contributed by atoms with Crippen molar-refractivity contribution in [1.82, 2.24) is 10.6 Å². The van der Waals surface area contributed by atoms with Crippen LogP contribution in [-0.4, -0.2) is 24.5 Å². The SMILES string of the molecule is CC(C(=O)NC1(C)CCCC1)C1CNC1.Cl. The van der Waals surface area contributed by atoms with E-state index < -0.39 is 0 Å². The van der Waals surface area contributed by atoms with Gasteiger partial charge in [-0.25, -0.2) is 0 Å². The minimum atomic E-state index is 0. The number of carbonyl (C=O) groups excluding carboxylic acids is 1. The summed E-state index contributed by atoms with van der Waals surface area (Å²) >= 11 is 0. The number of carbonyl (C=O) groups is 1. The van der Waals surface area contributed by atoms with Crippen molar-refractivity contribution in [3.8, 4) is 0 Å². The fraction of sp³-hybridized carbons (Fsp3) is 0.917. The van der Waals surface area contributed by atoms with Gasteiger partial charge in [0.2, 0.25) is 5.91 Å². The Morgan fingerprint density at radius 1 is 1.38 bits per heavy atom. The summed E-state index contributed by atoms with van der Waals surface area (Å²) in [4.78, 5) is 12.0. The molecule has 0 bridgehead atoms. The number of halogens is 1. The molecule has 4 heteroatoms. The molecule has 1 aliphatic heterocycles. The van der Waals surface area contributed by atoms with Crippen LogP contribution in [0.1, 0.15) is 39.5 Å². The molecule has 0 aromatic carbocycles. The second-order valence-electron chi connectivity index (χ2n) is 5.46. The number of nitrogens with one attached hydrogen (secondary N) is 2. The van der Waals surface area contributed by atoms with E-state index in [0.717, 1.165) is 25.9 Å². The minimum Gasteiger partial charge on any atom is -0.351 e. The van der Waals surface area contributed by atoms with E-state index in [1.165, 1.54) is 12.8 Å². The normalized spacial score (nSPS) is 25.4. The van der Waals surface area contributed by atoms with E-state index in [1.807, 2.05) is 0 Å². The van der Waals surface area contributed by atoms with Crippen LogP contribution in [0.2, 0.25) is 0 Å². The summed E-state index contributed by atoms with van der Waals surface area (Å²) in [6, 6.07) is 0. The Hall–Kier alpha value is -0.280. The highest BCUT2D eigenvalue weighted by Gasteiger charge is 2.34. The molecule has 1 amide bonds. The van der Waals surface area contributed by atoms with Gasteiger partial charge < -0.3 is 10.6 Å². The quantitative estimate of drug-likeness (QED) is 0.796. The summed E-state index contributed by atoms with van der Waals surface area (Å²) in [7, 11) is 0. The fourth-order valence-electron chi connectivity index (χ4n) is 2.57. The van der Waals surface area contributed by atoms with Crippen molar-refractivity contribution in [3.05, 3.63) is 0 Å². The summed E-state index contributed by atoms with van der Waals surface area (Å²) in [6.45, 7) is 6.25. The number of amides is 1. The van der Waals surface area contributed by atoms with Crippen molar-refractivity contribution in [1.29, 1.82) is 0 Å². The van der Waals surface area contributed by atoms with E-state index in [-0.39, 0.29) is 29.8 Å². The molecular weight excluding hydrogens is 224 g/mol.